The van der Waals surface area contributed by atoms with Crippen LogP contribution in [0.1, 0.15) is 0 Å². The Morgan fingerprint density at radius 2 is 1.00 bits per heavy atom. The average molecular weight is 543 g/mol. The third kappa shape index (κ3) is 4.93. The zero-order valence-corrected chi connectivity index (χ0v) is 20.5. The molecule has 9 nitrogen and oxygen atoms in total. The fraction of sp³-hybridized carbons (Fsp3) is 0. The summed E-state index contributed by atoms with van der Waals surface area (Å²) in [5.74, 6) is 0. The zero-order chi connectivity index (χ0) is 26.1. The van der Waals surface area contributed by atoms with Crippen LogP contribution in [0.2, 0.25) is 10.0 Å². The maximum atomic E-state index is 14.0. The molecule has 0 atom stereocenters. The fourth-order valence-corrected chi connectivity index (χ4v) is 5.35. The summed E-state index contributed by atoms with van der Waals surface area (Å²) in [5, 5.41) is 23.3. The van der Waals surface area contributed by atoms with Gasteiger partial charge in [0.05, 0.1) is 9.85 Å². The number of nitro benzene ring substituents is 2. The summed E-state index contributed by atoms with van der Waals surface area (Å²) < 4.78 is 14.0. The van der Waals surface area contributed by atoms with Gasteiger partial charge in [-0.3, -0.25) is 20.2 Å². The number of halogens is 2. The highest BCUT2D eigenvalue weighted by atomic mass is 35.5. The van der Waals surface area contributed by atoms with Crippen LogP contribution in [-0.2, 0) is 11.2 Å². The molecule has 12 heteroatoms. The number of hydrogen-bond acceptors (Lipinski definition) is 7. The van der Waals surface area contributed by atoms with Gasteiger partial charge < -0.3 is 16.0 Å². The molecule has 0 amide bonds. The lowest BCUT2D eigenvalue weighted by Crippen LogP contribution is -2.07. The Labute approximate surface area is 217 Å². The second-order valence-corrected chi connectivity index (χ2v) is 9.90. The van der Waals surface area contributed by atoms with Crippen molar-refractivity contribution in [2.24, 2.45) is 0 Å². The summed E-state index contributed by atoms with van der Waals surface area (Å²) in [6, 6.07) is 17.0. The van der Waals surface area contributed by atoms with E-state index in [0.29, 0.717) is 21.2 Å². The molecule has 0 unspecified atom stereocenters. The van der Waals surface area contributed by atoms with Crippen LogP contribution in [0, 0.1) is 20.2 Å². The molecule has 182 valence electrons. The number of hydrogen-bond donors (Lipinski definition) is 2. The first-order chi connectivity index (χ1) is 17.1. The van der Waals surface area contributed by atoms with Crippen molar-refractivity contribution in [3.63, 3.8) is 0 Å². The second-order valence-electron chi connectivity index (χ2n) is 7.61. The van der Waals surface area contributed by atoms with Gasteiger partial charge in [-0.25, -0.2) is 0 Å². The number of anilines is 2. The highest BCUT2D eigenvalue weighted by Crippen LogP contribution is 2.42. The van der Waals surface area contributed by atoms with Crippen LogP contribution in [0.25, 0.3) is 22.3 Å². The predicted octanol–water partition coefficient (Wildman–Crippen LogP) is 6.47. The summed E-state index contributed by atoms with van der Waals surface area (Å²) >= 11 is 10.5. The number of nitro groups is 2. The molecule has 0 heterocycles. The highest BCUT2D eigenvalue weighted by molar-refractivity contribution is 7.91. The van der Waals surface area contributed by atoms with Crippen molar-refractivity contribution >= 4 is 57.1 Å². The quantitative estimate of drug-likeness (QED) is 0.122. The van der Waals surface area contributed by atoms with E-state index in [1.807, 2.05) is 0 Å². The Hall–Kier alpha value is -3.83. The van der Waals surface area contributed by atoms with Crippen molar-refractivity contribution in [1.29, 1.82) is 0 Å². The molecule has 4 aromatic carbocycles. The molecule has 0 saturated carbocycles. The monoisotopic (exact) mass is 542 g/mol. The summed E-state index contributed by atoms with van der Waals surface area (Å²) in [6.07, 6.45) is 0. The lowest BCUT2D eigenvalue weighted by molar-refractivity contribution is -0.385. The van der Waals surface area contributed by atoms with E-state index in [1.165, 1.54) is 72.8 Å². The first-order valence-electron chi connectivity index (χ1n) is 10.2. The first-order valence-corrected chi connectivity index (χ1v) is 12.1. The van der Waals surface area contributed by atoms with Crippen LogP contribution in [0.5, 0.6) is 0 Å². The number of nitrogens with zero attached hydrogens (tertiary/aromatic N) is 2. The first kappa shape index (κ1) is 25.3. The van der Waals surface area contributed by atoms with Crippen molar-refractivity contribution in [3.05, 3.63) is 103 Å². The molecule has 0 aromatic heterocycles. The topological polar surface area (TPSA) is 161 Å². The third-order valence-corrected chi connectivity index (χ3v) is 7.34. The molecular formula is C24H16Cl2N4O5S. The molecule has 0 aliphatic heterocycles. The van der Waals surface area contributed by atoms with E-state index in [1.54, 1.807) is 0 Å². The van der Waals surface area contributed by atoms with Gasteiger partial charge in [-0.05, 0) is 48.5 Å². The lowest BCUT2D eigenvalue weighted by atomic mass is 10.0. The molecule has 0 aliphatic rings. The van der Waals surface area contributed by atoms with E-state index in [-0.39, 0.29) is 43.7 Å². The van der Waals surface area contributed by atoms with Crippen molar-refractivity contribution < 1.29 is 14.4 Å². The smallest absolute Gasteiger partial charge is 0.270 e. The van der Waals surface area contributed by atoms with Crippen LogP contribution in [0.15, 0.2) is 82.6 Å². The molecule has 0 aliphatic carbocycles. The Bertz CT molecular complexity index is 1420. The van der Waals surface area contributed by atoms with Crippen LogP contribution >= 0.6 is 23.2 Å². The molecule has 0 spiro atoms. The minimum Gasteiger partial charge on any atom is -0.606 e. The van der Waals surface area contributed by atoms with E-state index in [0.717, 1.165) is 0 Å². The van der Waals surface area contributed by atoms with E-state index < -0.39 is 21.0 Å². The number of non-ortho nitro benzene ring substituents is 2. The average Bonchev–Trinajstić information content (AvgIpc) is 2.84. The van der Waals surface area contributed by atoms with Gasteiger partial charge in [-0.1, -0.05) is 23.2 Å². The van der Waals surface area contributed by atoms with Crippen LogP contribution in [0.3, 0.4) is 0 Å². The van der Waals surface area contributed by atoms with Crippen molar-refractivity contribution in [2.75, 3.05) is 11.5 Å². The van der Waals surface area contributed by atoms with Gasteiger partial charge in [-0.15, -0.1) is 0 Å². The molecular weight excluding hydrogens is 527 g/mol. The summed E-state index contributed by atoms with van der Waals surface area (Å²) in [4.78, 5) is 22.1. The lowest BCUT2D eigenvalue weighted by Gasteiger charge is -2.18. The fourth-order valence-electron chi connectivity index (χ4n) is 3.65. The molecule has 0 radical (unpaired) electrons. The SMILES string of the molecule is Nc1ccc([N+](=O)[O-])cc1-c1cc(Cl)ccc1[S+]([O-])c1ccc(Cl)cc1-c1cc([N+](=O)[O-])ccc1N. The number of nitrogens with two attached hydrogens (primary N) is 2. The Morgan fingerprint density at radius 1 is 0.611 bits per heavy atom. The molecule has 4 N–H and O–H groups in total. The predicted molar refractivity (Wildman–Crippen MR) is 141 cm³/mol. The van der Waals surface area contributed by atoms with Gasteiger partial charge in [0.2, 0.25) is 0 Å². The van der Waals surface area contributed by atoms with Crippen LogP contribution < -0.4 is 11.5 Å². The minimum atomic E-state index is -1.91. The largest absolute Gasteiger partial charge is 0.606 e. The Morgan fingerprint density at radius 3 is 1.36 bits per heavy atom. The third-order valence-electron chi connectivity index (χ3n) is 5.36. The molecule has 0 saturated heterocycles. The summed E-state index contributed by atoms with van der Waals surface area (Å²) in [5.41, 5.74) is 13.5. The summed E-state index contributed by atoms with van der Waals surface area (Å²) in [6.45, 7) is 0. The highest BCUT2D eigenvalue weighted by Gasteiger charge is 2.27. The zero-order valence-electron chi connectivity index (χ0n) is 18.2. The van der Waals surface area contributed by atoms with Gasteiger partial charge in [-0.2, -0.15) is 0 Å². The van der Waals surface area contributed by atoms with Crippen LogP contribution in [-0.4, -0.2) is 14.4 Å². The van der Waals surface area contributed by atoms with Crippen molar-refractivity contribution in [1.82, 2.24) is 0 Å². The Balaban J connectivity index is 1.94. The van der Waals surface area contributed by atoms with Crippen LogP contribution in [0.4, 0.5) is 22.7 Å². The number of nitrogen functional groups attached to an aromatic ring is 2. The van der Waals surface area contributed by atoms with Crippen molar-refractivity contribution in [3.8, 4) is 22.3 Å². The maximum absolute atomic E-state index is 14.0. The molecule has 0 bridgehead atoms. The molecule has 0 fully saturated rings. The van der Waals surface area contributed by atoms with Gasteiger partial charge in [0.15, 0.2) is 9.79 Å². The van der Waals surface area contributed by atoms with Gasteiger partial charge in [0.25, 0.3) is 11.4 Å². The number of benzene rings is 4. The minimum absolute atomic E-state index is 0.201. The van der Waals surface area contributed by atoms with Gasteiger partial charge in [0, 0.05) is 79.1 Å². The van der Waals surface area contributed by atoms with E-state index in [9.17, 15) is 24.8 Å². The molecule has 4 aromatic rings. The summed E-state index contributed by atoms with van der Waals surface area (Å²) in [7, 11) is 0. The van der Waals surface area contributed by atoms with E-state index in [4.69, 9.17) is 34.7 Å². The standard InChI is InChI=1S/C24H16Cl2N4O5S/c25-13-1-7-23(19(9-13)17-11-15(29(31)32)3-5-21(17)27)36(35)24-8-2-14(26)10-20(24)18-12-16(30(33)34)4-6-22(18)28/h1-12H,27-28H2. The Kier molecular flexibility index (Phi) is 7.04. The van der Waals surface area contributed by atoms with Crippen molar-refractivity contribution in [2.45, 2.75) is 9.79 Å². The molecule has 36 heavy (non-hydrogen) atoms. The normalized spacial score (nSPS) is 11.0. The number of rotatable bonds is 6. The van der Waals surface area contributed by atoms with E-state index >= 15 is 0 Å². The van der Waals surface area contributed by atoms with E-state index in [2.05, 4.69) is 0 Å². The van der Waals surface area contributed by atoms with Gasteiger partial charge in [0.1, 0.15) is 0 Å². The second kappa shape index (κ2) is 10.0. The molecule has 4 rings (SSSR count). The maximum Gasteiger partial charge on any atom is 0.270 e. The van der Waals surface area contributed by atoms with Gasteiger partial charge >= 0.3 is 0 Å².